The van der Waals surface area contributed by atoms with Crippen molar-refractivity contribution in [2.24, 2.45) is 5.92 Å². The summed E-state index contributed by atoms with van der Waals surface area (Å²) in [6, 6.07) is -0.140. The van der Waals surface area contributed by atoms with Crippen molar-refractivity contribution in [2.45, 2.75) is 32.4 Å². The van der Waals surface area contributed by atoms with E-state index in [0.717, 1.165) is 0 Å². The third kappa shape index (κ3) is 1.91. The Morgan fingerprint density at radius 2 is 1.93 bits per heavy atom. The Balaban J connectivity index is 2.44. The molecule has 1 fully saturated rings. The molecule has 2 N–H and O–H groups in total. The molecule has 0 aromatic heterocycles. The first-order valence-electron chi connectivity index (χ1n) is 5.08. The minimum atomic E-state index is -0.595. The van der Waals surface area contributed by atoms with Gasteiger partial charge >= 0.3 is 0 Å². The number of likely N-dealkylation sites (tertiary alicyclic amines) is 1. The van der Waals surface area contributed by atoms with Crippen LogP contribution in [0.15, 0.2) is 0 Å². The Morgan fingerprint density at radius 1 is 1.43 bits per heavy atom. The van der Waals surface area contributed by atoms with Crippen molar-refractivity contribution in [1.82, 2.24) is 10.2 Å². The van der Waals surface area contributed by atoms with Gasteiger partial charge in [0, 0.05) is 20.1 Å². The van der Waals surface area contributed by atoms with Gasteiger partial charge in [-0.05, 0) is 12.8 Å². The molecule has 0 spiro atoms. The van der Waals surface area contributed by atoms with Crippen LogP contribution in [0.2, 0.25) is 0 Å². The van der Waals surface area contributed by atoms with Gasteiger partial charge in [-0.1, -0.05) is 13.8 Å². The average molecular weight is 200 g/mol. The lowest BCUT2D eigenvalue weighted by atomic mass is 9.82. The number of aliphatic hydroxyl groups is 1. The molecule has 0 saturated carbocycles. The number of nitrogens with zero attached hydrogens (tertiary/aromatic N) is 1. The van der Waals surface area contributed by atoms with Crippen LogP contribution < -0.4 is 5.32 Å². The predicted molar refractivity (Wildman–Crippen MR) is 54.9 cm³/mol. The molecular weight excluding hydrogens is 180 g/mol. The van der Waals surface area contributed by atoms with Crippen LogP contribution in [-0.4, -0.2) is 47.7 Å². The molecule has 0 bridgehead atoms. The van der Waals surface area contributed by atoms with Crippen molar-refractivity contribution in [3.8, 4) is 0 Å². The van der Waals surface area contributed by atoms with E-state index in [-0.39, 0.29) is 17.9 Å². The number of carbonyl (C=O) groups is 1. The van der Waals surface area contributed by atoms with Gasteiger partial charge in [0.15, 0.2) is 0 Å². The van der Waals surface area contributed by atoms with Gasteiger partial charge in [-0.25, -0.2) is 0 Å². The molecular formula is C10H20N2O2. The summed E-state index contributed by atoms with van der Waals surface area (Å²) in [5.41, 5.74) is -0.595. The van der Waals surface area contributed by atoms with E-state index in [1.165, 1.54) is 0 Å². The smallest absolute Gasteiger partial charge is 0.236 e. The topological polar surface area (TPSA) is 52.6 Å². The molecule has 1 heterocycles. The van der Waals surface area contributed by atoms with Gasteiger partial charge in [0.1, 0.15) is 0 Å². The summed E-state index contributed by atoms with van der Waals surface area (Å²) in [5.74, 6) is 0.256. The van der Waals surface area contributed by atoms with Crippen LogP contribution in [0.5, 0.6) is 0 Å². The zero-order chi connectivity index (χ0) is 10.9. The number of amides is 1. The number of hydrogen-bond donors (Lipinski definition) is 2. The minimum absolute atomic E-state index is 0.0100. The first-order chi connectivity index (χ1) is 6.40. The molecule has 4 nitrogen and oxygen atoms in total. The van der Waals surface area contributed by atoms with Crippen LogP contribution in [0, 0.1) is 5.92 Å². The lowest BCUT2D eigenvalue weighted by molar-refractivity contribution is -0.153. The van der Waals surface area contributed by atoms with Gasteiger partial charge in [0.05, 0.1) is 11.6 Å². The molecule has 82 valence electrons. The molecule has 1 aliphatic heterocycles. The van der Waals surface area contributed by atoms with Crippen molar-refractivity contribution >= 4 is 5.91 Å². The molecule has 0 radical (unpaired) electrons. The highest BCUT2D eigenvalue weighted by Gasteiger charge is 2.46. The standard InChI is InChI=1S/C10H20N2O2/c1-7(2)10(14)5-12(6-10)8(3)9(13)11-4/h7-8,14H,5-6H2,1-4H3,(H,11,13). The average Bonchev–Trinajstić information content (AvgIpc) is 2.10. The van der Waals surface area contributed by atoms with Crippen molar-refractivity contribution in [3.63, 3.8) is 0 Å². The summed E-state index contributed by atoms with van der Waals surface area (Å²) >= 11 is 0. The summed E-state index contributed by atoms with van der Waals surface area (Å²) in [5, 5.41) is 12.6. The fraction of sp³-hybridized carbons (Fsp3) is 0.900. The minimum Gasteiger partial charge on any atom is -0.387 e. The summed E-state index contributed by atoms with van der Waals surface area (Å²) < 4.78 is 0. The largest absolute Gasteiger partial charge is 0.387 e. The molecule has 1 amide bonds. The third-order valence-corrected chi connectivity index (χ3v) is 3.20. The SMILES string of the molecule is CNC(=O)C(C)N1CC(O)(C(C)C)C1. The van der Waals surface area contributed by atoms with Crippen LogP contribution >= 0.6 is 0 Å². The number of β-amino-alcohol motifs (C(OH)–C–C–N with tert-alkyl or cyclic N) is 1. The van der Waals surface area contributed by atoms with Gasteiger partial charge in [-0.3, -0.25) is 9.69 Å². The number of carbonyl (C=O) groups excluding carboxylic acids is 1. The summed E-state index contributed by atoms with van der Waals surface area (Å²) in [6.45, 7) is 7.06. The Labute approximate surface area is 85.3 Å². The fourth-order valence-electron chi connectivity index (χ4n) is 1.67. The molecule has 1 aliphatic rings. The molecule has 1 saturated heterocycles. The highest BCUT2D eigenvalue weighted by Crippen LogP contribution is 2.29. The fourth-order valence-corrected chi connectivity index (χ4v) is 1.67. The van der Waals surface area contributed by atoms with Crippen molar-refractivity contribution < 1.29 is 9.90 Å². The van der Waals surface area contributed by atoms with Gasteiger partial charge in [0.2, 0.25) is 5.91 Å². The second-order valence-corrected chi connectivity index (χ2v) is 4.45. The molecule has 0 aliphatic carbocycles. The van der Waals surface area contributed by atoms with E-state index < -0.39 is 5.60 Å². The van der Waals surface area contributed by atoms with Gasteiger partial charge < -0.3 is 10.4 Å². The normalized spacial score (nSPS) is 23.0. The molecule has 14 heavy (non-hydrogen) atoms. The van der Waals surface area contributed by atoms with Crippen LogP contribution in [0.4, 0.5) is 0 Å². The Hall–Kier alpha value is -0.610. The maximum Gasteiger partial charge on any atom is 0.236 e. The highest BCUT2D eigenvalue weighted by molar-refractivity contribution is 5.81. The quantitative estimate of drug-likeness (QED) is 0.664. The van der Waals surface area contributed by atoms with Gasteiger partial charge in [-0.15, -0.1) is 0 Å². The Kier molecular flexibility index (Phi) is 3.17. The third-order valence-electron chi connectivity index (χ3n) is 3.20. The maximum atomic E-state index is 11.3. The predicted octanol–water partition coefficient (Wildman–Crippen LogP) is -0.176. The van der Waals surface area contributed by atoms with E-state index >= 15 is 0 Å². The zero-order valence-electron chi connectivity index (χ0n) is 9.37. The number of likely N-dealkylation sites (N-methyl/N-ethyl adjacent to an activating group) is 1. The van der Waals surface area contributed by atoms with Crippen LogP contribution in [-0.2, 0) is 4.79 Å². The van der Waals surface area contributed by atoms with E-state index in [1.54, 1.807) is 7.05 Å². The van der Waals surface area contributed by atoms with E-state index in [2.05, 4.69) is 5.32 Å². The summed E-state index contributed by atoms with van der Waals surface area (Å²) in [6.07, 6.45) is 0. The second-order valence-electron chi connectivity index (χ2n) is 4.45. The van der Waals surface area contributed by atoms with E-state index in [4.69, 9.17) is 0 Å². The van der Waals surface area contributed by atoms with Crippen molar-refractivity contribution in [1.29, 1.82) is 0 Å². The Morgan fingerprint density at radius 3 is 2.29 bits per heavy atom. The summed E-state index contributed by atoms with van der Waals surface area (Å²) in [4.78, 5) is 13.3. The van der Waals surface area contributed by atoms with Crippen LogP contribution in [0.25, 0.3) is 0 Å². The van der Waals surface area contributed by atoms with Crippen LogP contribution in [0.1, 0.15) is 20.8 Å². The highest BCUT2D eigenvalue weighted by atomic mass is 16.3. The second kappa shape index (κ2) is 3.87. The monoisotopic (exact) mass is 200 g/mol. The lowest BCUT2D eigenvalue weighted by Gasteiger charge is -2.51. The van der Waals surface area contributed by atoms with Gasteiger partial charge in [-0.2, -0.15) is 0 Å². The van der Waals surface area contributed by atoms with E-state index in [0.29, 0.717) is 13.1 Å². The first-order valence-corrected chi connectivity index (χ1v) is 5.08. The number of rotatable bonds is 3. The molecule has 0 aromatic carbocycles. The number of hydrogen-bond acceptors (Lipinski definition) is 3. The molecule has 1 atom stereocenters. The molecule has 4 heteroatoms. The molecule has 0 aromatic rings. The van der Waals surface area contributed by atoms with E-state index in [1.807, 2.05) is 25.7 Å². The van der Waals surface area contributed by atoms with Crippen LogP contribution in [0.3, 0.4) is 0 Å². The van der Waals surface area contributed by atoms with Gasteiger partial charge in [0.25, 0.3) is 0 Å². The molecule has 1 rings (SSSR count). The van der Waals surface area contributed by atoms with E-state index in [9.17, 15) is 9.90 Å². The first kappa shape index (κ1) is 11.5. The summed E-state index contributed by atoms with van der Waals surface area (Å²) in [7, 11) is 1.63. The Bertz CT molecular complexity index is 222. The zero-order valence-corrected chi connectivity index (χ0v) is 9.37. The number of nitrogens with one attached hydrogen (secondary N) is 1. The van der Waals surface area contributed by atoms with Crippen molar-refractivity contribution in [2.75, 3.05) is 20.1 Å². The lowest BCUT2D eigenvalue weighted by Crippen LogP contribution is -2.68. The van der Waals surface area contributed by atoms with Crippen molar-refractivity contribution in [3.05, 3.63) is 0 Å². The molecule has 1 unspecified atom stereocenters. The maximum absolute atomic E-state index is 11.3.